The second kappa shape index (κ2) is 5.16. The van der Waals surface area contributed by atoms with Crippen molar-refractivity contribution in [1.82, 2.24) is 5.32 Å². The predicted molar refractivity (Wildman–Crippen MR) is 68.2 cm³/mol. The SMILES string of the molecule is CC1CNC(c2ccc3c(c2)OCCCO3)CO1. The molecule has 1 N–H and O–H groups in total. The van der Waals surface area contributed by atoms with Crippen LogP contribution in [0, 0.1) is 0 Å². The lowest BCUT2D eigenvalue weighted by molar-refractivity contribution is 0.0149. The van der Waals surface area contributed by atoms with Gasteiger partial charge in [-0.05, 0) is 24.6 Å². The maximum atomic E-state index is 5.71. The maximum Gasteiger partial charge on any atom is 0.161 e. The highest BCUT2D eigenvalue weighted by Gasteiger charge is 2.21. The van der Waals surface area contributed by atoms with Crippen molar-refractivity contribution in [3.8, 4) is 11.5 Å². The lowest BCUT2D eigenvalue weighted by Gasteiger charge is -2.29. The van der Waals surface area contributed by atoms with Crippen LogP contribution in [0.5, 0.6) is 11.5 Å². The first-order valence-electron chi connectivity index (χ1n) is 6.57. The van der Waals surface area contributed by atoms with Gasteiger partial charge >= 0.3 is 0 Å². The molecule has 2 aliphatic heterocycles. The van der Waals surface area contributed by atoms with E-state index in [-0.39, 0.29) is 6.04 Å². The first kappa shape index (κ1) is 11.8. The summed E-state index contributed by atoms with van der Waals surface area (Å²) in [6.45, 7) is 5.13. The van der Waals surface area contributed by atoms with Gasteiger partial charge in [0.25, 0.3) is 0 Å². The molecule has 2 aliphatic rings. The zero-order chi connectivity index (χ0) is 12.4. The van der Waals surface area contributed by atoms with Crippen LogP contribution >= 0.6 is 0 Å². The Bertz CT molecular complexity index is 414. The van der Waals surface area contributed by atoms with Crippen molar-refractivity contribution in [2.75, 3.05) is 26.4 Å². The standard InChI is InChI=1S/C14H19NO3/c1-10-8-15-12(9-18-10)11-3-4-13-14(7-11)17-6-2-5-16-13/h3-4,7,10,12,15H,2,5-6,8-9H2,1H3. The molecule has 0 aromatic heterocycles. The minimum atomic E-state index is 0.248. The van der Waals surface area contributed by atoms with Gasteiger partial charge < -0.3 is 19.5 Å². The molecule has 0 aliphatic carbocycles. The molecule has 0 saturated carbocycles. The molecule has 1 fully saturated rings. The predicted octanol–water partition coefficient (Wildman–Crippen LogP) is 1.90. The van der Waals surface area contributed by atoms with Gasteiger partial charge in [-0.2, -0.15) is 0 Å². The lowest BCUT2D eigenvalue weighted by atomic mass is 10.1. The molecule has 2 atom stereocenters. The second-order valence-electron chi connectivity index (χ2n) is 4.86. The van der Waals surface area contributed by atoms with E-state index in [0.717, 1.165) is 37.7 Å². The third kappa shape index (κ3) is 2.44. The Balaban J connectivity index is 1.79. The topological polar surface area (TPSA) is 39.7 Å². The summed E-state index contributed by atoms with van der Waals surface area (Å²) in [5.74, 6) is 1.70. The Hall–Kier alpha value is -1.26. The maximum absolute atomic E-state index is 5.71. The number of nitrogens with one attached hydrogen (secondary N) is 1. The molecule has 1 aromatic rings. The zero-order valence-corrected chi connectivity index (χ0v) is 10.6. The highest BCUT2D eigenvalue weighted by atomic mass is 16.5. The molecular formula is C14H19NO3. The molecular weight excluding hydrogens is 230 g/mol. The van der Waals surface area contributed by atoms with Crippen LogP contribution in [0.15, 0.2) is 18.2 Å². The molecule has 4 heteroatoms. The van der Waals surface area contributed by atoms with Crippen LogP contribution in [0.3, 0.4) is 0 Å². The van der Waals surface area contributed by atoms with E-state index in [1.54, 1.807) is 0 Å². The molecule has 1 saturated heterocycles. The van der Waals surface area contributed by atoms with Gasteiger partial charge in [0.15, 0.2) is 11.5 Å². The van der Waals surface area contributed by atoms with E-state index in [0.29, 0.717) is 12.7 Å². The monoisotopic (exact) mass is 249 g/mol. The Kier molecular flexibility index (Phi) is 3.39. The van der Waals surface area contributed by atoms with Crippen molar-refractivity contribution in [1.29, 1.82) is 0 Å². The minimum absolute atomic E-state index is 0.248. The van der Waals surface area contributed by atoms with Crippen molar-refractivity contribution in [2.24, 2.45) is 0 Å². The third-order valence-corrected chi connectivity index (χ3v) is 3.37. The van der Waals surface area contributed by atoms with Crippen molar-refractivity contribution in [3.63, 3.8) is 0 Å². The number of rotatable bonds is 1. The lowest BCUT2D eigenvalue weighted by Crippen LogP contribution is -2.39. The quantitative estimate of drug-likeness (QED) is 0.825. The molecule has 1 aromatic carbocycles. The number of hydrogen-bond donors (Lipinski definition) is 1. The Morgan fingerprint density at radius 1 is 1.17 bits per heavy atom. The smallest absolute Gasteiger partial charge is 0.161 e. The van der Waals surface area contributed by atoms with Crippen LogP contribution in [0.4, 0.5) is 0 Å². The molecule has 3 rings (SSSR count). The van der Waals surface area contributed by atoms with E-state index in [9.17, 15) is 0 Å². The average Bonchev–Trinajstić information content (AvgIpc) is 2.64. The molecule has 18 heavy (non-hydrogen) atoms. The number of benzene rings is 1. The summed E-state index contributed by atoms with van der Waals surface area (Å²) in [4.78, 5) is 0. The fraction of sp³-hybridized carbons (Fsp3) is 0.571. The third-order valence-electron chi connectivity index (χ3n) is 3.37. The summed E-state index contributed by atoms with van der Waals surface area (Å²) in [5, 5.41) is 3.49. The van der Waals surface area contributed by atoms with Gasteiger partial charge in [-0.3, -0.25) is 0 Å². The first-order valence-corrected chi connectivity index (χ1v) is 6.57. The van der Waals surface area contributed by atoms with Gasteiger partial charge in [0, 0.05) is 13.0 Å². The number of fused-ring (bicyclic) bond motifs is 1. The van der Waals surface area contributed by atoms with Crippen LogP contribution in [0.1, 0.15) is 24.9 Å². The van der Waals surface area contributed by atoms with E-state index in [2.05, 4.69) is 24.4 Å². The highest BCUT2D eigenvalue weighted by Crippen LogP contribution is 2.32. The van der Waals surface area contributed by atoms with E-state index in [4.69, 9.17) is 14.2 Å². The van der Waals surface area contributed by atoms with Crippen LogP contribution in [0.25, 0.3) is 0 Å². The molecule has 0 spiro atoms. The Morgan fingerprint density at radius 2 is 2.00 bits per heavy atom. The summed E-state index contributed by atoms with van der Waals surface area (Å²) in [6, 6.07) is 6.40. The van der Waals surface area contributed by atoms with E-state index < -0.39 is 0 Å². The largest absolute Gasteiger partial charge is 0.490 e. The molecule has 2 unspecified atom stereocenters. The van der Waals surface area contributed by atoms with Gasteiger partial charge in [0.05, 0.1) is 32.0 Å². The average molecular weight is 249 g/mol. The number of ether oxygens (including phenoxy) is 3. The zero-order valence-electron chi connectivity index (χ0n) is 10.6. The van der Waals surface area contributed by atoms with Gasteiger partial charge in [0.1, 0.15) is 0 Å². The van der Waals surface area contributed by atoms with Crippen molar-refractivity contribution in [3.05, 3.63) is 23.8 Å². The summed E-state index contributed by atoms with van der Waals surface area (Å²) in [5.41, 5.74) is 1.20. The second-order valence-corrected chi connectivity index (χ2v) is 4.86. The molecule has 98 valence electrons. The van der Waals surface area contributed by atoms with Crippen LogP contribution in [-0.2, 0) is 4.74 Å². The molecule has 0 radical (unpaired) electrons. The molecule has 2 heterocycles. The number of hydrogen-bond acceptors (Lipinski definition) is 4. The molecule has 0 bridgehead atoms. The van der Waals surface area contributed by atoms with Gasteiger partial charge in [0.2, 0.25) is 0 Å². The fourth-order valence-corrected chi connectivity index (χ4v) is 2.30. The van der Waals surface area contributed by atoms with Gasteiger partial charge in [-0.15, -0.1) is 0 Å². The van der Waals surface area contributed by atoms with Crippen molar-refractivity contribution < 1.29 is 14.2 Å². The van der Waals surface area contributed by atoms with Gasteiger partial charge in [-0.25, -0.2) is 0 Å². The van der Waals surface area contributed by atoms with Crippen molar-refractivity contribution >= 4 is 0 Å². The minimum Gasteiger partial charge on any atom is -0.490 e. The van der Waals surface area contributed by atoms with E-state index >= 15 is 0 Å². The van der Waals surface area contributed by atoms with Crippen molar-refractivity contribution in [2.45, 2.75) is 25.5 Å². The Labute approximate surface area is 107 Å². The van der Waals surface area contributed by atoms with Crippen LogP contribution in [-0.4, -0.2) is 32.5 Å². The summed E-state index contributed by atoms with van der Waals surface area (Å²) in [7, 11) is 0. The first-order chi connectivity index (χ1) is 8.83. The normalized spacial score (nSPS) is 27.6. The molecule has 0 amide bonds. The Morgan fingerprint density at radius 3 is 2.78 bits per heavy atom. The summed E-state index contributed by atoms with van der Waals surface area (Å²) < 4.78 is 17.0. The summed E-state index contributed by atoms with van der Waals surface area (Å²) >= 11 is 0. The highest BCUT2D eigenvalue weighted by molar-refractivity contribution is 5.44. The van der Waals surface area contributed by atoms with Crippen LogP contribution in [0.2, 0.25) is 0 Å². The summed E-state index contributed by atoms with van der Waals surface area (Å²) in [6.07, 6.45) is 1.23. The van der Waals surface area contributed by atoms with E-state index in [1.165, 1.54) is 5.56 Å². The van der Waals surface area contributed by atoms with Crippen LogP contribution < -0.4 is 14.8 Å². The van der Waals surface area contributed by atoms with E-state index in [1.807, 2.05) is 6.07 Å². The van der Waals surface area contributed by atoms with Gasteiger partial charge in [-0.1, -0.05) is 6.07 Å². The fourth-order valence-electron chi connectivity index (χ4n) is 2.30. The number of morpholine rings is 1. The molecule has 4 nitrogen and oxygen atoms in total.